The average Bonchev–Trinajstić information content (AvgIpc) is 2.77. The van der Waals surface area contributed by atoms with Crippen LogP contribution >= 0.6 is 38.5 Å². The van der Waals surface area contributed by atoms with Crippen LogP contribution in [0.25, 0.3) is 11.1 Å². The van der Waals surface area contributed by atoms with Gasteiger partial charge in [-0.3, -0.25) is 20.4 Å². The van der Waals surface area contributed by atoms with E-state index in [-0.39, 0.29) is 6.61 Å². The molecule has 0 heterocycles. The minimum absolute atomic E-state index is 0.246. The van der Waals surface area contributed by atoms with Crippen LogP contribution in [-0.4, -0.2) is 25.5 Å². The second-order valence-electron chi connectivity index (χ2n) is 6.15. The lowest BCUT2D eigenvalue weighted by Gasteiger charge is -2.11. The van der Waals surface area contributed by atoms with Crippen molar-refractivity contribution in [3.05, 3.63) is 80.3 Å². The average molecular weight is 581 g/mol. The van der Waals surface area contributed by atoms with Crippen LogP contribution < -0.4 is 20.3 Å². The molecule has 0 aromatic heterocycles. The molecule has 0 spiro atoms. The van der Waals surface area contributed by atoms with Crippen molar-refractivity contribution in [1.82, 2.24) is 10.9 Å². The maximum Gasteiger partial charge on any atom is 0.276 e. The molecule has 2 amide bonds. The molecule has 0 saturated heterocycles. The molecule has 154 valence electrons. The highest BCUT2D eigenvalue weighted by Crippen LogP contribution is 2.30. The predicted molar refractivity (Wildman–Crippen MR) is 126 cm³/mol. The summed E-state index contributed by atoms with van der Waals surface area (Å²) in [6.45, 7) is -0.246. The summed E-state index contributed by atoms with van der Waals surface area (Å²) < 4.78 is 12.2. The molecule has 0 saturated carbocycles. The Labute approximate surface area is 196 Å². The summed E-state index contributed by atoms with van der Waals surface area (Å²) in [5, 5.41) is 0. The molecule has 0 aliphatic rings. The van der Waals surface area contributed by atoms with E-state index in [1.165, 1.54) is 0 Å². The van der Waals surface area contributed by atoms with E-state index in [4.69, 9.17) is 9.47 Å². The lowest BCUT2D eigenvalue weighted by molar-refractivity contribution is -0.123. The molecule has 0 atom stereocenters. The van der Waals surface area contributed by atoms with Crippen LogP contribution in [0.15, 0.2) is 71.2 Å². The molecule has 0 unspecified atom stereocenters. The topological polar surface area (TPSA) is 76.7 Å². The maximum absolute atomic E-state index is 12.2. The number of halogens is 2. The summed E-state index contributed by atoms with van der Waals surface area (Å²) in [4.78, 5) is 24.2. The lowest BCUT2D eigenvalue weighted by Crippen LogP contribution is -2.43. The molecule has 3 rings (SSSR count). The zero-order valence-corrected chi connectivity index (χ0v) is 19.7. The SMILES string of the molecule is COc1ccc(C(=O)NNC(=O)COc2ccc(-c3ccccc3)cc2Br)cc1I. The Hall–Kier alpha value is -2.59. The van der Waals surface area contributed by atoms with E-state index in [9.17, 15) is 9.59 Å². The Kier molecular flexibility index (Phi) is 7.69. The zero-order chi connectivity index (χ0) is 21.5. The molecule has 3 aromatic rings. The van der Waals surface area contributed by atoms with Crippen LogP contribution in [0.3, 0.4) is 0 Å². The van der Waals surface area contributed by atoms with Crippen molar-refractivity contribution in [2.45, 2.75) is 0 Å². The zero-order valence-electron chi connectivity index (χ0n) is 15.9. The molecule has 0 bridgehead atoms. The van der Waals surface area contributed by atoms with Gasteiger partial charge in [0.2, 0.25) is 0 Å². The molecular formula is C22H18BrIN2O4. The lowest BCUT2D eigenvalue weighted by atomic mass is 10.1. The number of hydrazine groups is 1. The van der Waals surface area contributed by atoms with Gasteiger partial charge in [-0.15, -0.1) is 0 Å². The van der Waals surface area contributed by atoms with Crippen LogP contribution in [0.1, 0.15) is 10.4 Å². The van der Waals surface area contributed by atoms with Crippen molar-refractivity contribution < 1.29 is 19.1 Å². The van der Waals surface area contributed by atoms with Crippen molar-refractivity contribution in [3.63, 3.8) is 0 Å². The van der Waals surface area contributed by atoms with E-state index < -0.39 is 11.8 Å². The van der Waals surface area contributed by atoms with Gasteiger partial charge in [-0.1, -0.05) is 36.4 Å². The minimum Gasteiger partial charge on any atom is -0.496 e. The van der Waals surface area contributed by atoms with Crippen molar-refractivity contribution in [1.29, 1.82) is 0 Å². The number of amides is 2. The quantitative estimate of drug-likeness (QED) is 0.331. The second-order valence-corrected chi connectivity index (χ2v) is 8.17. The highest BCUT2D eigenvalue weighted by Gasteiger charge is 2.11. The smallest absolute Gasteiger partial charge is 0.276 e. The molecule has 0 aliphatic carbocycles. The largest absolute Gasteiger partial charge is 0.496 e. The first kappa shape index (κ1) is 22.1. The summed E-state index contributed by atoms with van der Waals surface area (Å²) in [5.74, 6) is 0.289. The van der Waals surface area contributed by atoms with Crippen molar-refractivity contribution >= 4 is 50.3 Å². The van der Waals surface area contributed by atoms with Gasteiger partial charge in [0.25, 0.3) is 11.8 Å². The number of methoxy groups -OCH3 is 1. The van der Waals surface area contributed by atoms with E-state index in [2.05, 4.69) is 49.4 Å². The Balaban J connectivity index is 1.52. The van der Waals surface area contributed by atoms with Crippen LogP contribution in [-0.2, 0) is 4.79 Å². The first-order valence-electron chi connectivity index (χ1n) is 8.88. The molecule has 3 aromatic carbocycles. The van der Waals surface area contributed by atoms with E-state index >= 15 is 0 Å². The fraction of sp³-hybridized carbons (Fsp3) is 0.0909. The Bertz CT molecular complexity index is 1060. The highest BCUT2D eigenvalue weighted by molar-refractivity contribution is 14.1. The van der Waals surface area contributed by atoms with E-state index in [1.54, 1.807) is 31.4 Å². The molecule has 8 heteroatoms. The van der Waals surface area contributed by atoms with Gasteiger partial charge in [0.15, 0.2) is 6.61 Å². The molecule has 0 fully saturated rings. The van der Waals surface area contributed by atoms with E-state index in [0.29, 0.717) is 17.1 Å². The third-order valence-electron chi connectivity index (χ3n) is 4.13. The molecule has 0 radical (unpaired) electrons. The van der Waals surface area contributed by atoms with Gasteiger partial charge in [0, 0.05) is 5.56 Å². The maximum atomic E-state index is 12.2. The Morgan fingerprint density at radius 3 is 2.33 bits per heavy atom. The number of nitrogens with one attached hydrogen (secondary N) is 2. The van der Waals surface area contributed by atoms with Crippen LogP contribution in [0, 0.1) is 3.57 Å². The molecule has 6 nitrogen and oxygen atoms in total. The normalized spacial score (nSPS) is 10.2. The van der Waals surface area contributed by atoms with Gasteiger partial charge >= 0.3 is 0 Å². The molecule has 0 aliphatic heterocycles. The molecular weight excluding hydrogens is 563 g/mol. The van der Waals surface area contributed by atoms with E-state index in [0.717, 1.165) is 19.2 Å². The van der Waals surface area contributed by atoms with Gasteiger partial charge in [-0.05, 0) is 80.0 Å². The van der Waals surface area contributed by atoms with Gasteiger partial charge < -0.3 is 9.47 Å². The Morgan fingerprint density at radius 1 is 0.933 bits per heavy atom. The Morgan fingerprint density at radius 2 is 1.67 bits per heavy atom. The predicted octanol–water partition coefficient (Wildman–Crippen LogP) is 4.57. The summed E-state index contributed by atoms with van der Waals surface area (Å²) in [6, 6.07) is 20.5. The molecule has 2 N–H and O–H groups in total. The number of benzene rings is 3. The highest BCUT2D eigenvalue weighted by atomic mass is 127. The van der Waals surface area contributed by atoms with Crippen molar-refractivity contribution in [2.75, 3.05) is 13.7 Å². The summed E-state index contributed by atoms with van der Waals surface area (Å²) >= 11 is 5.54. The number of hydrogen-bond donors (Lipinski definition) is 2. The number of ether oxygens (including phenoxy) is 2. The van der Waals surface area contributed by atoms with Crippen LogP contribution in [0.5, 0.6) is 11.5 Å². The molecule has 30 heavy (non-hydrogen) atoms. The monoisotopic (exact) mass is 580 g/mol. The third-order valence-corrected chi connectivity index (χ3v) is 5.59. The van der Waals surface area contributed by atoms with Gasteiger partial charge in [-0.2, -0.15) is 0 Å². The minimum atomic E-state index is -0.481. The van der Waals surface area contributed by atoms with Crippen LogP contribution in [0.4, 0.5) is 0 Å². The number of carbonyl (C=O) groups is 2. The van der Waals surface area contributed by atoms with Gasteiger partial charge in [0.1, 0.15) is 11.5 Å². The second kappa shape index (κ2) is 10.4. The fourth-order valence-electron chi connectivity index (χ4n) is 2.61. The third kappa shape index (κ3) is 5.73. The summed E-state index contributed by atoms with van der Waals surface area (Å²) in [6.07, 6.45) is 0. The number of carbonyl (C=O) groups excluding carboxylic acids is 2. The summed E-state index contributed by atoms with van der Waals surface area (Å²) in [5.41, 5.74) is 7.23. The van der Waals surface area contributed by atoms with Crippen LogP contribution in [0.2, 0.25) is 0 Å². The number of rotatable bonds is 6. The van der Waals surface area contributed by atoms with Crippen molar-refractivity contribution in [2.24, 2.45) is 0 Å². The first-order valence-corrected chi connectivity index (χ1v) is 10.8. The van der Waals surface area contributed by atoms with Gasteiger partial charge in [0.05, 0.1) is 15.2 Å². The van der Waals surface area contributed by atoms with Gasteiger partial charge in [-0.25, -0.2) is 0 Å². The standard InChI is InChI=1S/C22H18BrIN2O4/c1-29-20-10-8-16(12-18(20)24)22(28)26-25-21(27)13-30-19-9-7-15(11-17(19)23)14-5-3-2-4-6-14/h2-12H,13H2,1H3,(H,25,27)(H,26,28). The summed E-state index contributed by atoms with van der Waals surface area (Å²) in [7, 11) is 1.56. The van der Waals surface area contributed by atoms with E-state index in [1.807, 2.05) is 42.5 Å². The number of hydrogen-bond acceptors (Lipinski definition) is 4. The first-order chi connectivity index (χ1) is 14.5. The fourth-order valence-corrected chi connectivity index (χ4v) is 3.84. The van der Waals surface area contributed by atoms with Crippen molar-refractivity contribution in [3.8, 4) is 22.6 Å².